The minimum atomic E-state index is -0.564. The van der Waals surface area contributed by atoms with E-state index in [1.54, 1.807) is 42.5 Å². The topological polar surface area (TPSA) is 74.7 Å². The maximum absolute atomic E-state index is 13.2. The second-order valence-electron chi connectivity index (χ2n) is 6.56. The van der Waals surface area contributed by atoms with Crippen molar-refractivity contribution in [1.82, 2.24) is 4.98 Å². The average Bonchev–Trinajstić information content (AvgIpc) is 3.26. The van der Waals surface area contributed by atoms with E-state index < -0.39 is 5.97 Å². The minimum Gasteiger partial charge on any atom is -0.490 e. The molecule has 0 atom stereocenters. The highest BCUT2D eigenvalue weighted by Gasteiger charge is 2.21. The van der Waals surface area contributed by atoms with Crippen molar-refractivity contribution in [3.8, 4) is 11.5 Å². The Balaban J connectivity index is 1.82. The summed E-state index contributed by atoms with van der Waals surface area (Å²) in [5.74, 6) is 0.207. The zero-order valence-electron chi connectivity index (χ0n) is 17.8. The van der Waals surface area contributed by atoms with E-state index in [1.165, 1.54) is 11.3 Å². The van der Waals surface area contributed by atoms with Crippen molar-refractivity contribution in [1.29, 1.82) is 0 Å². The molecule has 0 radical (unpaired) electrons. The second kappa shape index (κ2) is 10.7. The molecule has 6 nitrogen and oxygen atoms in total. The van der Waals surface area contributed by atoms with Crippen LogP contribution in [-0.2, 0) is 17.8 Å². The fourth-order valence-electron chi connectivity index (χ4n) is 3.00. The van der Waals surface area contributed by atoms with Crippen molar-refractivity contribution in [3.63, 3.8) is 0 Å². The van der Waals surface area contributed by atoms with Gasteiger partial charge in [-0.05, 0) is 44.5 Å². The van der Waals surface area contributed by atoms with Crippen LogP contribution in [0.25, 0.3) is 0 Å². The number of aryl methyl sites for hydroxylation is 1. The maximum atomic E-state index is 13.2. The van der Waals surface area contributed by atoms with Gasteiger partial charge in [-0.25, -0.2) is 9.78 Å². The number of esters is 1. The van der Waals surface area contributed by atoms with Gasteiger partial charge in [0.2, 0.25) is 0 Å². The number of nitrogens with zero attached hydrogens (tertiary/aromatic N) is 1. The summed E-state index contributed by atoms with van der Waals surface area (Å²) in [5, 5.41) is 2.86. The van der Waals surface area contributed by atoms with Gasteiger partial charge in [0.05, 0.1) is 29.5 Å². The molecule has 7 heteroatoms. The lowest BCUT2D eigenvalue weighted by atomic mass is 9.98. The summed E-state index contributed by atoms with van der Waals surface area (Å²) in [6.07, 6.45) is 0.835. The van der Waals surface area contributed by atoms with Gasteiger partial charge in [-0.2, -0.15) is 0 Å². The van der Waals surface area contributed by atoms with Crippen molar-refractivity contribution in [2.24, 2.45) is 0 Å². The quantitative estimate of drug-likeness (QED) is 0.324. The molecule has 0 aliphatic carbocycles. The molecule has 0 bridgehead atoms. The number of carbonyl (C=O) groups excluding carboxylic acids is 2. The van der Waals surface area contributed by atoms with Gasteiger partial charge in [0, 0.05) is 16.5 Å². The van der Waals surface area contributed by atoms with Gasteiger partial charge in [0.25, 0.3) is 0 Å². The van der Waals surface area contributed by atoms with Crippen LogP contribution in [0.2, 0.25) is 0 Å². The highest BCUT2D eigenvalue weighted by atomic mass is 32.1. The van der Waals surface area contributed by atoms with Gasteiger partial charge in [0.15, 0.2) is 17.3 Å². The SMILES string of the molecule is CCOc1ccc(C(=O)c2ccccc2C(=O)OCc2csc(CC)n2)cc1OCC. The molecule has 2 aromatic carbocycles. The zero-order chi connectivity index (χ0) is 22.2. The molecular formula is C24H25NO5S. The smallest absolute Gasteiger partial charge is 0.339 e. The molecule has 31 heavy (non-hydrogen) atoms. The van der Waals surface area contributed by atoms with Gasteiger partial charge in [-0.1, -0.05) is 25.1 Å². The molecule has 1 heterocycles. The predicted octanol–water partition coefficient (Wildman–Crippen LogP) is 5.09. The molecule has 3 aromatic rings. The Morgan fingerprint density at radius 2 is 1.65 bits per heavy atom. The Labute approximate surface area is 185 Å². The van der Waals surface area contributed by atoms with Crippen molar-refractivity contribution < 1.29 is 23.8 Å². The molecule has 0 saturated carbocycles. The third-order valence-corrected chi connectivity index (χ3v) is 5.49. The summed E-state index contributed by atoms with van der Waals surface area (Å²) >= 11 is 1.53. The first-order valence-electron chi connectivity index (χ1n) is 10.2. The molecule has 0 aliphatic rings. The van der Waals surface area contributed by atoms with Crippen LogP contribution in [-0.4, -0.2) is 30.0 Å². The molecule has 0 N–H and O–H groups in total. The normalized spacial score (nSPS) is 10.5. The van der Waals surface area contributed by atoms with E-state index >= 15 is 0 Å². The fourth-order valence-corrected chi connectivity index (χ4v) is 3.73. The van der Waals surface area contributed by atoms with Crippen LogP contribution in [0.15, 0.2) is 47.8 Å². The van der Waals surface area contributed by atoms with Gasteiger partial charge < -0.3 is 14.2 Å². The zero-order valence-corrected chi connectivity index (χ0v) is 18.7. The summed E-state index contributed by atoms with van der Waals surface area (Å²) in [5.41, 5.74) is 1.59. The van der Waals surface area contributed by atoms with Crippen LogP contribution in [0.5, 0.6) is 11.5 Å². The van der Waals surface area contributed by atoms with E-state index in [-0.39, 0.29) is 23.5 Å². The summed E-state index contributed by atoms with van der Waals surface area (Å²) < 4.78 is 16.6. The molecule has 0 aliphatic heterocycles. The van der Waals surface area contributed by atoms with Crippen LogP contribution in [0.1, 0.15) is 57.8 Å². The molecule has 0 unspecified atom stereocenters. The van der Waals surface area contributed by atoms with Gasteiger partial charge >= 0.3 is 5.97 Å². The standard InChI is InChI=1S/C24H25NO5S/c1-4-22-25-17(15-31-22)14-30-24(27)19-10-8-7-9-18(19)23(26)16-11-12-20(28-5-2)21(13-16)29-6-3/h7-13,15H,4-6,14H2,1-3H3. The molecule has 3 rings (SSSR count). The van der Waals surface area contributed by atoms with E-state index in [0.29, 0.717) is 36.0 Å². The molecule has 0 fully saturated rings. The fraction of sp³-hybridized carbons (Fsp3) is 0.292. The van der Waals surface area contributed by atoms with E-state index in [2.05, 4.69) is 4.98 Å². The Morgan fingerprint density at radius 1 is 0.935 bits per heavy atom. The van der Waals surface area contributed by atoms with Crippen LogP contribution < -0.4 is 9.47 Å². The van der Waals surface area contributed by atoms with Crippen molar-refractivity contribution in [2.45, 2.75) is 33.8 Å². The summed E-state index contributed by atoms with van der Waals surface area (Å²) in [7, 11) is 0. The maximum Gasteiger partial charge on any atom is 0.339 e. The number of aromatic nitrogens is 1. The highest BCUT2D eigenvalue weighted by Crippen LogP contribution is 2.30. The monoisotopic (exact) mass is 439 g/mol. The van der Waals surface area contributed by atoms with Crippen LogP contribution >= 0.6 is 11.3 Å². The van der Waals surface area contributed by atoms with Crippen molar-refractivity contribution in [3.05, 3.63) is 75.2 Å². The van der Waals surface area contributed by atoms with Gasteiger partial charge in [-0.3, -0.25) is 4.79 Å². The summed E-state index contributed by atoms with van der Waals surface area (Å²) in [6, 6.07) is 11.6. The van der Waals surface area contributed by atoms with E-state index in [0.717, 1.165) is 11.4 Å². The van der Waals surface area contributed by atoms with Gasteiger partial charge in [-0.15, -0.1) is 11.3 Å². The number of rotatable bonds is 10. The van der Waals surface area contributed by atoms with E-state index in [4.69, 9.17) is 14.2 Å². The predicted molar refractivity (Wildman–Crippen MR) is 119 cm³/mol. The molecule has 0 spiro atoms. The van der Waals surface area contributed by atoms with Gasteiger partial charge in [0.1, 0.15) is 6.61 Å². The third kappa shape index (κ3) is 5.49. The van der Waals surface area contributed by atoms with Crippen molar-refractivity contribution >= 4 is 23.1 Å². The first-order chi connectivity index (χ1) is 15.1. The lowest BCUT2D eigenvalue weighted by molar-refractivity contribution is 0.0465. The summed E-state index contributed by atoms with van der Waals surface area (Å²) in [4.78, 5) is 30.3. The van der Waals surface area contributed by atoms with E-state index in [1.807, 2.05) is 26.2 Å². The Morgan fingerprint density at radius 3 is 2.32 bits per heavy atom. The molecule has 1 aromatic heterocycles. The number of benzene rings is 2. The largest absolute Gasteiger partial charge is 0.490 e. The molecule has 162 valence electrons. The molecule has 0 saturated heterocycles. The summed E-state index contributed by atoms with van der Waals surface area (Å²) in [6.45, 7) is 6.76. The third-order valence-electron chi connectivity index (χ3n) is 4.45. The second-order valence-corrected chi connectivity index (χ2v) is 7.51. The number of thiazole rings is 1. The Hall–Kier alpha value is -3.19. The number of hydrogen-bond acceptors (Lipinski definition) is 7. The number of hydrogen-bond donors (Lipinski definition) is 0. The average molecular weight is 440 g/mol. The Bertz CT molecular complexity index is 1060. The number of ketones is 1. The lowest BCUT2D eigenvalue weighted by Gasteiger charge is -2.13. The van der Waals surface area contributed by atoms with Crippen molar-refractivity contribution in [2.75, 3.05) is 13.2 Å². The molecule has 0 amide bonds. The van der Waals surface area contributed by atoms with Crippen LogP contribution in [0.3, 0.4) is 0 Å². The van der Waals surface area contributed by atoms with E-state index in [9.17, 15) is 9.59 Å². The number of ether oxygens (including phenoxy) is 3. The first kappa shape index (κ1) is 22.5. The Kier molecular flexibility index (Phi) is 7.78. The first-order valence-corrected chi connectivity index (χ1v) is 11.1. The highest BCUT2D eigenvalue weighted by molar-refractivity contribution is 7.09. The lowest BCUT2D eigenvalue weighted by Crippen LogP contribution is -2.13. The van der Waals surface area contributed by atoms with Crippen LogP contribution in [0.4, 0.5) is 0 Å². The number of carbonyl (C=O) groups is 2. The molecular weight excluding hydrogens is 414 g/mol. The minimum absolute atomic E-state index is 0.0649. The van der Waals surface area contributed by atoms with Crippen LogP contribution in [0, 0.1) is 0 Å².